The Bertz CT molecular complexity index is 932. The minimum absolute atomic E-state index is 0.0204. The van der Waals surface area contributed by atoms with E-state index in [1.54, 1.807) is 50.2 Å². The van der Waals surface area contributed by atoms with Crippen LogP contribution in [0.1, 0.15) is 56.1 Å². The summed E-state index contributed by atoms with van der Waals surface area (Å²) in [6.07, 6.45) is 0. The standard InChI is InChI=1S/C25H31ClN2O4/c1-16(2)22(28-23(30)18-8-10-19(11-9-18)25(3,4)5)24(31)32-15-21(29)27-14-17-6-12-20(26)13-7-17/h6-13,16,22H,14-15H2,1-5H3,(H,27,29)(H,28,30)/t22-/m0/s1. The summed E-state index contributed by atoms with van der Waals surface area (Å²) in [6.45, 7) is 9.76. The number of rotatable bonds is 8. The number of hydrogen-bond acceptors (Lipinski definition) is 4. The Kier molecular flexibility index (Phi) is 8.84. The molecule has 2 aromatic rings. The van der Waals surface area contributed by atoms with Crippen LogP contribution in [0, 0.1) is 5.92 Å². The predicted molar refractivity (Wildman–Crippen MR) is 125 cm³/mol. The average Bonchev–Trinajstić information content (AvgIpc) is 2.74. The molecule has 2 amide bonds. The van der Waals surface area contributed by atoms with E-state index in [1.807, 2.05) is 12.1 Å². The zero-order valence-corrected chi connectivity index (χ0v) is 20.0. The number of esters is 1. The van der Waals surface area contributed by atoms with E-state index < -0.39 is 24.5 Å². The molecular formula is C25H31ClN2O4. The summed E-state index contributed by atoms with van der Waals surface area (Å²) in [5.74, 6) is -1.66. The fraction of sp³-hybridized carbons (Fsp3) is 0.400. The maximum Gasteiger partial charge on any atom is 0.329 e. The van der Waals surface area contributed by atoms with Gasteiger partial charge < -0.3 is 15.4 Å². The second-order valence-electron chi connectivity index (χ2n) is 9.03. The molecule has 172 valence electrons. The van der Waals surface area contributed by atoms with Crippen molar-refractivity contribution < 1.29 is 19.1 Å². The van der Waals surface area contributed by atoms with E-state index in [2.05, 4.69) is 31.4 Å². The first-order valence-electron chi connectivity index (χ1n) is 10.6. The van der Waals surface area contributed by atoms with Crippen LogP contribution < -0.4 is 10.6 Å². The monoisotopic (exact) mass is 458 g/mol. The van der Waals surface area contributed by atoms with E-state index in [0.717, 1.165) is 11.1 Å². The first-order valence-corrected chi connectivity index (χ1v) is 10.9. The number of nitrogens with one attached hydrogen (secondary N) is 2. The lowest BCUT2D eigenvalue weighted by Crippen LogP contribution is -2.46. The van der Waals surface area contributed by atoms with Crippen LogP contribution in [0.4, 0.5) is 0 Å². The zero-order chi connectivity index (χ0) is 23.9. The van der Waals surface area contributed by atoms with E-state index in [4.69, 9.17) is 16.3 Å². The van der Waals surface area contributed by atoms with E-state index >= 15 is 0 Å². The van der Waals surface area contributed by atoms with E-state index in [-0.39, 0.29) is 17.2 Å². The van der Waals surface area contributed by atoms with Gasteiger partial charge in [0, 0.05) is 17.1 Å². The number of carbonyl (C=O) groups excluding carboxylic acids is 3. The largest absolute Gasteiger partial charge is 0.454 e. The normalized spacial score (nSPS) is 12.2. The number of ether oxygens (including phenoxy) is 1. The van der Waals surface area contributed by atoms with Crippen molar-refractivity contribution in [3.8, 4) is 0 Å². The fourth-order valence-corrected chi connectivity index (χ4v) is 3.05. The number of benzene rings is 2. The molecule has 7 heteroatoms. The molecule has 0 aliphatic carbocycles. The van der Waals surface area contributed by atoms with Gasteiger partial charge in [0.1, 0.15) is 6.04 Å². The Hall–Kier alpha value is -2.86. The first-order chi connectivity index (χ1) is 15.0. The predicted octanol–water partition coefficient (Wildman–Crippen LogP) is 4.25. The van der Waals surface area contributed by atoms with Gasteiger partial charge in [0.15, 0.2) is 6.61 Å². The minimum Gasteiger partial charge on any atom is -0.454 e. The molecule has 0 bridgehead atoms. The zero-order valence-electron chi connectivity index (χ0n) is 19.2. The Morgan fingerprint density at radius 2 is 1.56 bits per heavy atom. The first kappa shape index (κ1) is 25.4. The van der Waals surface area contributed by atoms with Crippen LogP contribution in [-0.2, 0) is 26.3 Å². The molecular weight excluding hydrogens is 428 g/mol. The van der Waals surface area contributed by atoms with Crippen molar-refractivity contribution in [1.82, 2.24) is 10.6 Å². The lowest BCUT2D eigenvalue weighted by atomic mass is 9.86. The Morgan fingerprint density at radius 1 is 0.969 bits per heavy atom. The highest BCUT2D eigenvalue weighted by molar-refractivity contribution is 6.30. The van der Waals surface area contributed by atoms with Crippen LogP contribution in [0.3, 0.4) is 0 Å². The van der Waals surface area contributed by atoms with E-state index in [9.17, 15) is 14.4 Å². The van der Waals surface area contributed by atoms with Crippen LogP contribution in [0.2, 0.25) is 5.02 Å². The molecule has 0 fully saturated rings. The molecule has 0 saturated heterocycles. The third-order valence-electron chi connectivity index (χ3n) is 4.97. The molecule has 32 heavy (non-hydrogen) atoms. The number of halogens is 1. The smallest absolute Gasteiger partial charge is 0.329 e. The highest BCUT2D eigenvalue weighted by Gasteiger charge is 2.27. The van der Waals surface area contributed by atoms with Gasteiger partial charge in [0.25, 0.3) is 11.8 Å². The molecule has 2 aromatic carbocycles. The highest BCUT2D eigenvalue weighted by Crippen LogP contribution is 2.22. The minimum atomic E-state index is -0.867. The van der Waals surface area contributed by atoms with Gasteiger partial charge in [-0.05, 0) is 46.7 Å². The molecule has 1 atom stereocenters. The number of amides is 2. The molecule has 0 aliphatic rings. The van der Waals surface area contributed by atoms with Crippen LogP contribution in [-0.4, -0.2) is 30.4 Å². The summed E-state index contributed by atoms with van der Waals surface area (Å²) in [5.41, 5.74) is 2.42. The quantitative estimate of drug-likeness (QED) is 0.579. The molecule has 0 aliphatic heterocycles. The lowest BCUT2D eigenvalue weighted by Gasteiger charge is -2.22. The van der Waals surface area contributed by atoms with Gasteiger partial charge in [-0.25, -0.2) is 4.79 Å². The summed E-state index contributed by atoms with van der Waals surface area (Å²) in [7, 11) is 0. The topological polar surface area (TPSA) is 84.5 Å². The van der Waals surface area contributed by atoms with Crippen LogP contribution in [0.5, 0.6) is 0 Å². The molecule has 0 spiro atoms. The van der Waals surface area contributed by atoms with E-state index in [1.165, 1.54) is 0 Å². The van der Waals surface area contributed by atoms with Crippen molar-refractivity contribution in [2.45, 2.75) is 52.6 Å². The maximum atomic E-state index is 12.6. The Balaban J connectivity index is 1.89. The van der Waals surface area contributed by atoms with Crippen LogP contribution in [0.15, 0.2) is 48.5 Å². The summed E-state index contributed by atoms with van der Waals surface area (Å²) in [4.78, 5) is 37.2. The molecule has 0 radical (unpaired) electrons. The molecule has 2 N–H and O–H groups in total. The van der Waals surface area contributed by atoms with Gasteiger partial charge in [-0.3, -0.25) is 9.59 Å². The average molecular weight is 459 g/mol. The van der Waals surface area contributed by atoms with Crippen molar-refractivity contribution in [3.05, 3.63) is 70.2 Å². The number of carbonyl (C=O) groups is 3. The molecule has 2 rings (SSSR count). The summed E-state index contributed by atoms with van der Waals surface area (Å²) >= 11 is 5.84. The molecule has 0 aromatic heterocycles. The fourth-order valence-electron chi connectivity index (χ4n) is 2.92. The van der Waals surface area contributed by atoms with Gasteiger partial charge in [0.05, 0.1) is 0 Å². The second kappa shape index (κ2) is 11.1. The molecule has 0 saturated carbocycles. The van der Waals surface area contributed by atoms with Crippen molar-refractivity contribution in [2.24, 2.45) is 5.92 Å². The van der Waals surface area contributed by atoms with Crippen LogP contribution >= 0.6 is 11.6 Å². The van der Waals surface area contributed by atoms with E-state index in [0.29, 0.717) is 17.1 Å². The molecule has 0 unspecified atom stereocenters. The van der Waals surface area contributed by atoms with Crippen molar-refractivity contribution in [1.29, 1.82) is 0 Å². The van der Waals surface area contributed by atoms with Crippen LogP contribution in [0.25, 0.3) is 0 Å². The Morgan fingerprint density at radius 3 is 2.09 bits per heavy atom. The summed E-state index contributed by atoms with van der Waals surface area (Å²) in [5, 5.41) is 6.01. The van der Waals surface area contributed by atoms with Crippen molar-refractivity contribution in [2.75, 3.05) is 6.61 Å². The number of hydrogen-bond donors (Lipinski definition) is 2. The van der Waals surface area contributed by atoms with Gasteiger partial charge >= 0.3 is 5.97 Å². The molecule has 0 heterocycles. The van der Waals surface area contributed by atoms with Gasteiger partial charge in [0.2, 0.25) is 0 Å². The highest BCUT2D eigenvalue weighted by atomic mass is 35.5. The maximum absolute atomic E-state index is 12.6. The SMILES string of the molecule is CC(C)[C@H](NC(=O)c1ccc(C(C)(C)C)cc1)C(=O)OCC(=O)NCc1ccc(Cl)cc1. The lowest BCUT2D eigenvalue weighted by molar-refractivity contribution is -0.151. The summed E-state index contributed by atoms with van der Waals surface area (Å²) in [6, 6.07) is 13.5. The Labute approximate surface area is 194 Å². The van der Waals surface area contributed by atoms with Gasteiger partial charge in [-0.15, -0.1) is 0 Å². The van der Waals surface area contributed by atoms with Crippen molar-refractivity contribution >= 4 is 29.4 Å². The third kappa shape index (κ3) is 7.68. The summed E-state index contributed by atoms with van der Waals surface area (Å²) < 4.78 is 5.15. The third-order valence-corrected chi connectivity index (χ3v) is 5.22. The van der Waals surface area contributed by atoms with Gasteiger partial charge in [-0.2, -0.15) is 0 Å². The van der Waals surface area contributed by atoms with Crippen molar-refractivity contribution in [3.63, 3.8) is 0 Å². The second-order valence-corrected chi connectivity index (χ2v) is 9.47. The molecule has 6 nitrogen and oxygen atoms in total. The van der Waals surface area contributed by atoms with Gasteiger partial charge in [-0.1, -0.05) is 70.5 Å².